The number of hydrazone groups is 1. The maximum Gasteiger partial charge on any atom is 0.434 e. The number of benzene rings is 1. The molecule has 1 aliphatic rings. The number of nitriles is 1. The number of alkyl halides is 3. The summed E-state index contributed by atoms with van der Waals surface area (Å²) in [6.45, 7) is 0.425. The van der Waals surface area contributed by atoms with Crippen molar-refractivity contribution >= 4 is 34.4 Å². The van der Waals surface area contributed by atoms with Gasteiger partial charge in [0.2, 0.25) is 5.95 Å². The van der Waals surface area contributed by atoms with E-state index in [4.69, 9.17) is 0 Å². The quantitative estimate of drug-likeness (QED) is 0.329. The summed E-state index contributed by atoms with van der Waals surface area (Å²) >= 11 is 0. The largest absolute Gasteiger partial charge is 0.434 e. The standard InChI is InChI=1S/C22H13F4N9O/c23-19-15-4-2-1-3-14(15)17(11-28-19)34-18(22(24,25)26)16(10-32-34)21(36)33-13-7-12(8-27)20(29-9-13)35-30-5-6-31-35/h1-5,7,9-11,31H,6H2,(H,33,36). The Morgan fingerprint density at radius 2 is 1.92 bits per heavy atom. The van der Waals surface area contributed by atoms with Crippen molar-refractivity contribution in [3.8, 4) is 11.8 Å². The zero-order valence-corrected chi connectivity index (χ0v) is 18.0. The lowest BCUT2D eigenvalue weighted by molar-refractivity contribution is -0.143. The van der Waals surface area contributed by atoms with Crippen LogP contribution >= 0.6 is 0 Å². The third kappa shape index (κ3) is 3.97. The minimum absolute atomic E-state index is 0.00310. The number of rotatable bonds is 4. The SMILES string of the molecule is N#Cc1cc(NC(=O)c2cnn(-c3cnc(F)c4ccccc34)c2C(F)(F)F)cnc1N1N=CCN1. The van der Waals surface area contributed by atoms with Crippen LogP contribution in [-0.4, -0.2) is 38.4 Å². The summed E-state index contributed by atoms with van der Waals surface area (Å²) < 4.78 is 57.0. The average molecular weight is 495 g/mol. The summed E-state index contributed by atoms with van der Waals surface area (Å²) in [6, 6.07) is 9.00. The number of nitrogens with zero attached hydrogens (tertiary/aromatic N) is 7. The Morgan fingerprint density at radius 3 is 2.61 bits per heavy atom. The Kier molecular flexibility index (Phi) is 5.53. The van der Waals surface area contributed by atoms with Crippen molar-refractivity contribution in [3.05, 3.63) is 71.7 Å². The first kappa shape index (κ1) is 22.9. The van der Waals surface area contributed by atoms with Gasteiger partial charge in [-0.05, 0) is 12.1 Å². The third-order valence-electron chi connectivity index (χ3n) is 5.21. The van der Waals surface area contributed by atoms with Gasteiger partial charge in [0.15, 0.2) is 11.5 Å². The second-order valence-corrected chi connectivity index (χ2v) is 7.43. The second kappa shape index (κ2) is 8.71. The van der Waals surface area contributed by atoms with Gasteiger partial charge < -0.3 is 5.32 Å². The molecule has 5 rings (SSSR count). The van der Waals surface area contributed by atoms with E-state index in [2.05, 4.69) is 30.9 Å². The fourth-order valence-electron chi connectivity index (χ4n) is 3.68. The summed E-state index contributed by atoms with van der Waals surface area (Å²) in [4.78, 5) is 20.5. The van der Waals surface area contributed by atoms with Crippen molar-refractivity contribution in [1.29, 1.82) is 5.26 Å². The van der Waals surface area contributed by atoms with Crippen LogP contribution in [-0.2, 0) is 6.18 Å². The maximum atomic E-state index is 14.1. The van der Waals surface area contributed by atoms with E-state index in [9.17, 15) is 27.6 Å². The molecule has 0 unspecified atom stereocenters. The van der Waals surface area contributed by atoms with Crippen LogP contribution in [0.2, 0.25) is 0 Å². The molecule has 1 aromatic carbocycles. The Labute approximate surface area is 199 Å². The predicted molar refractivity (Wildman–Crippen MR) is 120 cm³/mol. The molecule has 0 saturated carbocycles. The topological polar surface area (TPSA) is 124 Å². The molecular formula is C22H13F4N9O. The molecule has 14 heteroatoms. The first-order valence-electron chi connectivity index (χ1n) is 10.2. The first-order chi connectivity index (χ1) is 17.3. The molecule has 2 N–H and O–H groups in total. The highest BCUT2D eigenvalue weighted by molar-refractivity contribution is 6.05. The lowest BCUT2D eigenvalue weighted by Crippen LogP contribution is -2.29. The number of hydrazine groups is 1. The zero-order chi connectivity index (χ0) is 25.4. The molecule has 4 aromatic rings. The van der Waals surface area contributed by atoms with Crippen LogP contribution in [0.1, 0.15) is 21.6 Å². The predicted octanol–water partition coefficient (Wildman–Crippen LogP) is 3.41. The van der Waals surface area contributed by atoms with Crippen molar-refractivity contribution in [1.82, 2.24) is 25.2 Å². The van der Waals surface area contributed by atoms with Crippen molar-refractivity contribution in [2.45, 2.75) is 6.18 Å². The smallest absolute Gasteiger partial charge is 0.320 e. The van der Waals surface area contributed by atoms with E-state index in [0.717, 1.165) is 12.4 Å². The summed E-state index contributed by atoms with van der Waals surface area (Å²) in [7, 11) is 0. The van der Waals surface area contributed by atoms with E-state index >= 15 is 0 Å². The zero-order valence-electron chi connectivity index (χ0n) is 18.0. The minimum Gasteiger partial charge on any atom is -0.320 e. The van der Waals surface area contributed by atoms with Crippen LogP contribution in [0.15, 0.2) is 54.0 Å². The lowest BCUT2D eigenvalue weighted by Gasteiger charge is -2.16. The summed E-state index contributed by atoms with van der Waals surface area (Å²) in [6.07, 6.45) is -0.601. The monoisotopic (exact) mass is 495 g/mol. The molecule has 0 bridgehead atoms. The third-order valence-corrected chi connectivity index (χ3v) is 5.21. The number of fused-ring (bicyclic) bond motifs is 1. The van der Waals surface area contributed by atoms with Gasteiger partial charge in [0, 0.05) is 17.0 Å². The van der Waals surface area contributed by atoms with Crippen molar-refractivity contribution in [2.24, 2.45) is 5.10 Å². The number of carbonyl (C=O) groups excluding carboxylic acids is 1. The average Bonchev–Trinajstić information content (AvgIpc) is 3.55. The van der Waals surface area contributed by atoms with Gasteiger partial charge in [0.1, 0.15) is 11.6 Å². The molecule has 1 aliphatic heterocycles. The fourth-order valence-corrected chi connectivity index (χ4v) is 3.68. The molecule has 0 spiro atoms. The fraction of sp³-hybridized carbons (Fsp3) is 0.0909. The van der Waals surface area contributed by atoms with Gasteiger partial charge in [-0.3, -0.25) is 4.79 Å². The van der Waals surface area contributed by atoms with E-state index in [-0.39, 0.29) is 33.5 Å². The highest BCUT2D eigenvalue weighted by Crippen LogP contribution is 2.35. The highest BCUT2D eigenvalue weighted by atomic mass is 19.4. The summed E-state index contributed by atoms with van der Waals surface area (Å²) in [5.41, 5.74) is 0.524. The molecule has 0 aliphatic carbocycles. The van der Waals surface area contributed by atoms with Crippen molar-refractivity contribution in [3.63, 3.8) is 0 Å². The number of pyridine rings is 2. The number of hydrogen-bond acceptors (Lipinski definition) is 8. The van der Waals surface area contributed by atoms with Gasteiger partial charge in [0.05, 0.1) is 42.1 Å². The van der Waals surface area contributed by atoms with Gasteiger partial charge in [-0.15, -0.1) is 0 Å². The van der Waals surface area contributed by atoms with Gasteiger partial charge in [0.25, 0.3) is 5.91 Å². The second-order valence-electron chi connectivity index (χ2n) is 7.43. The van der Waals surface area contributed by atoms with E-state index < -0.39 is 29.3 Å². The van der Waals surface area contributed by atoms with Crippen molar-refractivity contribution < 1.29 is 22.4 Å². The number of anilines is 2. The number of aromatic nitrogens is 4. The summed E-state index contributed by atoms with van der Waals surface area (Å²) in [5, 5.41) is 20.9. The Balaban J connectivity index is 1.54. The van der Waals surface area contributed by atoms with Gasteiger partial charge >= 0.3 is 6.18 Å². The maximum absolute atomic E-state index is 14.1. The van der Waals surface area contributed by atoms with Crippen LogP contribution in [0.5, 0.6) is 0 Å². The number of nitrogens with one attached hydrogen (secondary N) is 2. The molecule has 4 heterocycles. The highest BCUT2D eigenvalue weighted by Gasteiger charge is 2.41. The molecule has 0 fully saturated rings. The van der Waals surface area contributed by atoms with Gasteiger partial charge in [-0.25, -0.2) is 20.1 Å². The van der Waals surface area contributed by atoms with E-state index in [1.165, 1.54) is 41.6 Å². The normalized spacial score (nSPS) is 13.2. The van der Waals surface area contributed by atoms with Crippen LogP contribution in [0.3, 0.4) is 0 Å². The number of hydrogen-bond donors (Lipinski definition) is 2. The molecule has 180 valence electrons. The first-order valence-corrected chi connectivity index (χ1v) is 10.2. The Bertz CT molecular complexity index is 1570. The lowest BCUT2D eigenvalue weighted by atomic mass is 10.1. The summed E-state index contributed by atoms with van der Waals surface area (Å²) in [5.74, 6) is -1.83. The minimum atomic E-state index is -5.00. The Hall–Kier alpha value is -4.90. The number of carbonyl (C=O) groups is 1. The molecule has 1 amide bonds. The molecule has 3 aromatic heterocycles. The van der Waals surface area contributed by atoms with Crippen LogP contribution in [0.4, 0.5) is 29.1 Å². The van der Waals surface area contributed by atoms with Crippen LogP contribution < -0.4 is 15.9 Å². The van der Waals surface area contributed by atoms with Crippen molar-refractivity contribution in [2.75, 3.05) is 17.0 Å². The number of halogens is 4. The molecule has 10 nitrogen and oxygen atoms in total. The molecular weight excluding hydrogens is 482 g/mol. The number of amides is 1. The van der Waals surface area contributed by atoms with Crippen LogP contribution in [0, 0.1) is 17.3 Å². The molecule has 36 heavy (non-hydrogen) atoms. The van der Waals surface area contributed by atoms with E-state index in [0.29, 0.717) is 11.2 Å². The van der Waals surface area contributed by atoms with Gasteiger partial charge in [-0.1, -0.05) is 18.2 Å². The Morgan fingerprint density at radius 1 is 1.14 bits per heavy atom. The van der Waals surface area contributed by atoms with Crippen LogP contribution in [0.25, 0.3) is 16.5 Å². The van der Waals surface area contributed by atoms with E-state index in [1.807, 2.05) is 6.07 Å². The molecule has 0 atom stereocenters. The molecule has 0 radical (unpaired) electrons. The van der Waals surface area contributed by atoms with E-state index in [1.54, 1.807) is 6.21 Å². The van der Waals surface area contributed by atoms with Gasteiger partial charge in [-0.2, -0.15) is 38.1 Å². The molecule has 0 saturated heterocycles.